The topological polar surface area (TPSA) is 43.1 Å². The molecule has 0 aromatic heterocycles. The van der Waals surface area contributed by atoms with Gasteiger partial charge in [-0.2, -0.15) is 0 Å². The molecule has 0 spiro atoms. The molecule has 0 atom stereocenters. The highest BCUT2D eigenvalue weighted by Crippen LogP contribution is 2.10. The van der Waals surface area contributed by atoms with Crippen molar-refractivity contribution in [3.05, 3.63) is 51.2 Å². The molecule has 13 heavy (non-hydrogen) atoms. The van der Waals surface area contributed by atoms with Crippen LogP contribution in [0.1, 0.15) is 16.7 Å². The number of hydrogen-bond donors (Lipinski definition) is 0. The lowest BCUT2D eigenvalue weighted by Gasteiger charge is -1.99. The zero-order chi connectivity index (χ0) is 9.84. The predicted octanol–water partition coefficient (Wildman–Crippen LogP) is 2.55. The lowest BCUT2D eigenvalue weighted by atomic mass is 10.1. The Kier molecular flexibility index (Phi) is 2.80. The predicted molar refractivity (Wildman–Crippen MR) is 51.9 cm³/mol. The lowest BCUT2D eigenvalue weighted by molar-refractivity contribution is -0.400. The average Bonchev–Trinajstić information content (AvgIpc) is 2.07. The molecule has 0 bridgehead atoms. The van der Waals surface area contributed by atoms with Crippen molar-refractivity contribution in [1.29, 1.82) is 0 Å². The van der Waals surface area contributed by atoms with Gasteiger partial charge in [-0.3, -0.25) is 10.1 Å². The lowest BCUT2D eigenvalue weighted by Crippen LogP contribution is -1.84. The summed E-state index contributed by atoms with van der Waals surface area (Å²) in [4.78, 5) is 9.58. The van der Waals surface area contributed by atoms with E-state index in [-0.39, 0.29) is 0 Å². The van der Waals surface area contributed by atoms with E-state index in [1.165, 1.54) is 11.6 Å². The Bertz CT molecular complexity index is 356. The van der Waals surface area contributed by atoms with Crippen molar-refractivity contribution in [1.82, 2.24) is 0 Å². The fraction of sp³-hybridized carbons (Fsp3) is 0.200. The summed E-state index contributed by atoms with van der Waals surface area (Å²) in [5.74, 6) is 0. The van der Waals surface area contributed by atoms with Crippen molar-refractivity contribution in [2.45, 2.75) is 13.8 Å². The summed E-state index contributed by atoms with van der Waals surface area (Å²) in [5.41, 5.74) is 3.20. The number of nitrogens with zero attached hydrogens (tertiary/aromatic N) is 1. The average molecular weight is 177 g/mol. The zero-order valence-corrected chi connectivity index (χ0v) is 7.65. The molecule has 3 heteroatoms. The van der Waals surface area contributed by atoms with Crippen LogP contribution in [0.3, 0.4) is 0 Å². The second-order valence-corrected chi connectivity index (χ2v) is 2.94. The molecule has 0 aliphatic rings. The highest BCUT2D eigenvalue weighted by Gasteiger charge is 1.94. The Morgan fingerprint density at radius 2 is 2.00 bits per heavy atom. The minimum absolute atomic E-state index is 0.463. The summed E-state index contributed by atoms with van der Waals surface area (Å²) < 4.78 is 0. The molecular weight excluding hydrogens is 166 g/mol. The first-order chi connectivity index (χ1) is 6.09. The quantitative estimate of drug-likeness (QED) is 0.514. The van der Waals surface area contributed by atoms with Crippen molar-refractivity contribution >= 4 is 6.08 Å². The molecule has 1 aromatic rings. The molecule has 0 saturated heterocycles. The molecule has 0 N–H and O–H groups in total. The third-order valence-electron chi connectivity index (χ3n) is 1.92. The van der Waals surface area contributed by atoms with Crippen molar-refractivity contribution < 1.29 is 4.92 Å². The van der Waals surface area contributed by atoms with Gasteiger partial charge in [-0.1, -0.05) is 18.2 Å². The Labute approximate surface area is 76.9 Å². The Balaban J connectivity index is 2.92. The van der Waals surface area contributed by atoms with Crippen molar-refractivity contribution in [3.8, 4) is 0 Å². The third-order valence-corrected chi connectivity index (χ3v) is 1.92. The summed E-state index contributed by atoms with van der Waals surface area (Å²) in [5, 5.41) is 10.0. The van der Waals surface area contributed by atoms with Gasteiger partial charge in [0.25, 0.3) is 0 Å². The molecule has 0 radical (unpaired) electrons. The highest BCUT2D eigenvalue weighted by atomic mass is 16.6. The van der Waals surface area contributed by atoms with Crippen LogP contribution < -0.4 is 0 Å². The molecule has 0 amide bonds. The number of benzene rings is 1. The molecule has 0 aliphatic heterocycles. The SMILES string of the molecule is Cc1ccc(C=C[N+](=O)[O-])cc1C. The van der Waals surface area contributed by atoms with Crippen molar-refractivity contribution in [2.24, 2.45) is 0 Å². The van der Waals surface area contributed by atoms with E-state index in [1.807, 2.05) is 32.0 Å². The second kappa shape index (κ2) is 3.85. The molecule has 3 nitrogen and oxygen atoms in total. The number of nitro groups is 1. The van der Waals surface area contributed by atoms with Gasteiger partial charge in [-0.05, 0) is 30.5 Å². The molecule has 0 aliphatic carbocycles. The van der Waals surface area contributed by atoms with E-state index >= 15 is 0 Å². The van der Waals surface area contributed by atoms with E-state index in [2.05, 4.69) is 0 Å². The molecule has 0 unspecified atom stereocenters. The normalized spacial score (nSPS) is 10.6. The maximum absolute atomic E-state index is 10.0. The molecule has 1 rings (SSSR count). The van der Waals surface area contributed by atoms with E-state index in [0.717, 1.165) is 17.3 Å². The first-order valence-electron chi connectivity index (χ1n) is 3.98. The number of rotatable bonds is 2. The monoisotopic (exact) mass is 177 g/mol. The van der Waals surface area contributed by atoms with Crippen LogP contribution in [0.5, 0.6) is 0 Å². The standard InChI is InChI=1S/C10H11NO2/c1-8-3-4-10(7-9(8)2)5-6-11(12)13/h3-7H,1-2H3. The van der Waals surface area contributed by atoms with Crippen molar-refractivity contribution in [3.63, 3.8) is 0 Å². The van der Waals surface area contributed by atoms with Gasteiger partial charge in [0.1, 0.15) is 0 Å². The van der Waals surface area contributed by atoms with Crippen LogP contribution in [-0.2, 0) is 0 Å². The van der Waals surface area contributed by atoms with E-state index in [0.29, 0.717) is 0 Å². The molecule has 0 saturated carbocycles. The van der Waals surface area contributed by atoms with E-state index in [1.54, 1.807) is 0 Å². The molecule has 1 aromatic carbocycles. The van der Waals surface area contributed by atoms with E-state index in [4.69, 9.17) is 0 Å². The summed E-state index contributed by atoms with van der Waals surface area (Å²) >= 11 is 0. The van der Waals surface area contributed by atoms with Crippen LogP contribution in [0.25, 0.3) is 6.08 Å². The number of aryl methyl sites for hydroxylation is 2. The molecule has 0 fully saturated rings. The fourth-order valence-corrected chi connectivity index (χ4v) is 1.02. The maximum atomic E-state index is 10.0. The maximum Gasteiger partial charge on any atom is 0.235 e. The summed E-state index contributed by atoms with van der Waals surface area (Å²) in [6.07, 6.45) is 2.44. The second-order valence-electron chi connectivity index (χ2n) is 2.94. The van der Waals surface area contributed by atoms with Gasteiger partial charge < -0.3 is 0 Å². The Morgan fingerprint density at radius 3 is 2.54 bits per heavy atom. The highest BCUT2D eigenvalue weighted by molar-refractivity contribution is 5.50. The van der Waals surface area contributed by atoms with E-state index < -0.39 is 4.92 Å². The minimum Gasteiger partial charge on any atom is -0.259 e. The Hall–Kier alpha value is -1.64. The molecular formula is C10H11NO2. The van der Waals surface area contributed by atoms with Gasteiger partial charge in [0, 0.05) is 6.08 Å². The van der Waals surface area contributed by atoms with Gasteiger partial charge in [-0.15, -0.1) is 0 Å². The van der Waals surface area contributed by atoms with E-state index in [9.17, 15) is 10.1 Å². The number of hydrogen-bond acceptors (Lipinski definition) is 2. The minimum atomic E-state index is -0.463. The van der Waals surface area contributed by atoms with Crippen molar-refractivity contribution in [2.75, 3.05) is 0 Å². The fourth-order valence-electron chi connectivity index (χ4n) is 1.02. The van der Waals surface area contributed by atoms with Gasteiger partial charge >= 0.3 is 0 Å². The first-order valence-corrected chi connectivity index (χ1v) is 3.98. The Morgan fingerprint density at radius 1 is 1.31 bits per heavy atom. The van der Waals surface area contributed by atoms with Crippen LogP contribution in [0.2, 0.25) is 0 Å². The smallest absolute Gasteiger partial charge is 0.235 e. The largest absolute Gasteiger partial charge is 0.259 e. The van der Waals surface area contributed by atoms with Gasteiger partial charge in [-0.25, -0.2) is 0 Å². The summed E-state index contributed by atoms with van der Waals surface area (Å²) in [6, 6.07) is 5.74. The summed E-state index contributed by atoms with van der Waals surface area (Å²) in [7, 11) is 0. The summed E-state index contributed by atoms with van der Waals surface area (Å²) in [6.45, 7) is 4.00. The van der Waals surface area contributed by atoms with Crippen LogP contribution in [-0.4, -0.2) is 4.92 Å². The third kappa shape index (κ3) is 2.71. The molecule has 68 valence electrons. The van der Waals surface area contributed by atoms with Gasteiger partial charge in [0.05, 0.1) is 4.92 Å². The van der Waals surface area contributed by atoms with Crippen LogP contribution in [0.4, 0.5) is 0 Å². The zero-order valence-electron chi connectivity index (χ0n) is 7.65. The first kappa shape index (κ1) is 9.45. The van der Waals surface area contributed by atoms with Gasteiger partial charge in [0.2, 0.25) is 6.20 Å². The van der Waals surface area contributed by atoms with Crippen LogP contribution in [0, 0.1) is 24.0 Å². The van der Waals surface area contributed by atoms with Gasteiger partial charge in [0.15, 0.2) is 0 Å². The van der Waals surface area contributed by atoms with Crippen LogP contribution in [0.15, 0.2) is 24.4 Å². The molecule has 0 heterocycles. The van der Waals surface area contributed by atoms with Crippen LogP contribution >= 0.6 is 0 Å².